The minimum absolute atomic E-state index is 0.145. The van der Waals surface area contributed by atoms with Gasteiger partial charge in [-0.05, 0) is 24.3 Å². The van der Waals surface area contributed by atoms with Gasteiger partial charge in [-0.15, -0.1) is 0 Å². The van der Waals surface area contributed by atoms with E-state index in [9.17, 15) is 4.57 Å². The lowest BCUT2D eigenvalue weighted by Gasteiger charge is -2.04. The van der Waals surface area contributed by atoms with Gasteiger partial charge in [-0.1, -0.05) is 26.2 Å². The van der Waals surface area contributed by atoms with Crippen molar-refractivity contribution in [3.05, 3.63) is 0 Å². The largest absolute Gasteiger partial charge is 0.469 e. The quantitative estimate of drug-likeness (QED) is 0.464. The van der Waals surface area contributed by atoms with E-state index in [1.54, 1.807) is 0 Å². The molecule has 0 saturated heterocycles. The van der Waals surface area contributed by atoms with Crippen LogP contribution in [0.15, 0.2) is 0 Å². The van der Waals surface area contributed by atoms with Crippen molar-refractivity contribution >= 4 is 19.6 Å². The maximum absolute atomic E-state index is 10.3. The van der Waals surface area contributed by atoms with E-state index < -0.39 is 7.82 Å². The Morgan fingerprint density at radius 2 is 1.80 bits per heavy atom. The summed E-state index contributed by atoms with van der Waals surface area (Å²) < 4.78 is 14.6. The molecule has 0 aliphatic carbocycles. The van der Waals surface area contributed by atoms with E-state index in [1.165, 1.54) is 25.7 Å². The van der Waals surface area contributed by atoms with Crippen LogP contribution in [0, 0.1) is 0 Å². The van der Waals surface area contributed by atoms with E-state index in [-0.39, 0.29) is 6.61 Å². The summed E-state index contributed by atoms with van der Waals surface area (Å²) >= 11 is 1.82. The Bertz CT molecular complexity index is 183. The first-order valence-electron chi connectivity index (χ1n) is 5.34. The summed E-state index contributed by atoms with van der Waals surface area (Å²) in [5.41, 5.74) is 0. The maximum Gasteiger partial charge on any atom is 0.469 e. The van der Waals surface area contributed by atoms with Gasteiger partial charge in [0.1, 0.15) is 0 Å². The number of phosphoric acid groups is 1. The maximum atomic E-state index is 10.3. The van der Waals surface area contributed by atoms with Crippen LogP contribution in [0.25, 0.3) is 0 Å². The van der Waals surface area contributed by atoms with Gasteiger partial charge in [0.2, 0.25) is 0 Å². The van der Waals surface area contributed by atoms with Crippen molar-refractivity contribution in [2.24, 2.45) is 0 Å². The molecule has 6 heteroatoms. The summed E-state index contributed by atoms with van der Waals surface area (Å²) in [6.45, 7) is 2.33. The molecular weight excluding hydrogens is 235 g/mol. The number of phosphoric ester groups is 1. The second-order valence-electron chi connectivity index (χ2n) is 3.35. The van der Waals surface area contributed by atoms with Crippen molar-refractivity contribution in [2.45, 2.75) is 39.0 Å². The predicted octanol–water partition coefficient (Wildman–Crippen LogP) is 2.80. The Hall–Kier alpha value is 0.460. The van der Waals surface area contributed by atoms with Crippen LogP contribution in [0.1, 0.15) is 39.0 Å². The summed E-state index contributed by atoms with van der Waals surface area (Å²) in [6.07, 6.45) is 5.76. The SMILES string of the molecule is CCCCCCSCCCOP(=O)(O)O. The highest BCUT2D eigenvalue weighted by Crippen LogP contribution is 2.35. The first kappa shape index (κ1) is 15.5. The zero-order valence-electron chi connectivity index (χ0n) is 9.22. The van der Waals surface area contributed by atoms with Crippen LogP contribution < -0.4 is 0 Å². The van der Waals surface area contributed by atoms with E-state index in [1.807, 2.05) is 11.8 Å². The molecule has 0 saturated carbocycles. The number of thioether (sulfide) groups is 1. The summed E-state index contributed by atoms with van der Waals surface area (Å²) in [5.74, 6) is 2.04. The van der Waals surface area contributed by atoms with Gasteiger partial charge in [-0.25, -0.2) is 4.57 Å². The molecule has 0 atom stereocenters. The van der Waals surface area contributed by atoms with Crippen molar-refractivity contribution in [1.29, 1.82) is 0 Å². The standard InChI is InChI=1S/C9H21O4PS/c1-2-3-4-5-8-15-9-6-7-13-14(10,11)12/h2-9H2,1H3,(H2,10,11,12). The molecule has 0 aromatic rings. The third-order valence-electron chi connectivity index (χ3n) is 1.83. The number of hydrogen-bond acceptors (Lipinski definition) is 3. The van der Waals surface area contributed by atoms with Crippen molar-refractivity contribution < 1.29 is 18.9 Å². The molecular formula is C9H21O4PS. The summed E-state index contributed by atoms with van der Waals surface area (Å²) in [4.78, 5) is 16.8. The number of rotatable bonds is 10. The Labute approximate surface area is 96.0 Å². The molecule has 0 aromatic heterocycles. The molecule has 0 bridgehead atoms. The molecule has 0 aliphatic heterocycles. The van der Waals surface area contributed by atoms with Gasteiger partial charge >= 0.3 is 7.82 Å². The summed E-state index contributed by atoms with van der Waals surface area (Å²) in [5, 5.41) is 0. The summed E-state index contributed by atoms with van der Waals surface area (Å²) in [7, 11) is -4.25. The molecule has 0 aromatic carbocycles. The van der Waals surface area contributed by atoms with E-state index in [2.05, 4.69) is 11.4 Å². The van der Waals surface area contributed by atoms with Gasteiger partial charge < -0.3 is 9.79 Å². The fraction of sp³-hybridized carbons (Fsp3) is 1.00. The Balaban J connectivity index is 3.02. The topological polar surface area (TPSA) is 66.8 Å². The van der Waals surface area contributed by atoms with Crippen LogP contribution in [0.4, 0.5) is 0 Å². The van der Waals surface area contributed by atoms with Gasteiger partial charge in [-0.2, -0.15) is 11.8 Å². The van der Waals surface area contributed by atoms with Crippen molar-refractivity contribution in [2.75, 3.05) is 18.1 Å². The van der Waals surface area contributed by atoms with Crippen molar-refractivity contribution in [1.82, 2.24) is 0 Å². The smallest absolute Gasteiger partial charge is 0.303 e. The van der Waals surface area contributed by atoms with E-state index in [0.29, 0.717) is 6.42 Å². The van der Waals surface area contributed by atoms with Crippen LogP contribution in [-0.2, 0) is 9.09 Å². The molecule has 0 unspecified atom stereocenters. The fourth-order valence-electron chi connectivity index (χ4n) is 1.08. The zero-order valence-corrected chi connectivity index (χ0v) is 10.9. The average Bonchev–Trinajstić information content (AvgIpc) is 2.14. The fourth-order valence-corrected chi connectivity index (χ4v) is 2.38. The molecule has 0 amide bonds. The Morgan fingerprint density at radius 1 is 1.13 bits per heavy atom. The number of hydrogen-bond donors (Lipinski definition) is 2. The highest BCUT2D eigenvalue weighted by atomic mass is 32.2. The molecule has 4 nitrogen and oxygen atoms in total. The Kier molecular flexibility index (Phi) is 9.97. The lowest BCUT2D eigenvalue weighted by atomic mass is 10.2. The van der Waals surface area contributed by atoms with Crippen molar-refractivity contribution in [3.8, 4) is 0 Å². The molecule has 0 radical (unpaired) electrons. The first-order chi connectivity index (χ1) is 7.06. The third kappa shape index (κ3) is 14.5. The van der Waals surface area contributed by atoms with Gasteiger partial charge in [-0.3, -0.25) is 4.52 Å². The second-order valence-corrected chi connectivity index (χ2v) is 5.81. The van der Waals surface area contributed by atoms with Gasteiger partial charge in [0.15, 0.2) is 0 Å². The molecule has 0 aliphatic rings. The van der Waals surface area contributed by atoms with Gasteiger partial charge in [0.05, 0.1) is 6.61 Å². The zero-order chi connectivity index (χ0) is 11.6. The van der Waals surface area contributed by atoms with Crippen LogP contribution >= 0.6 is 19.6 Å². The lowest BCUT2D eigenvalue weighted by Crippen LogP contribution is -1.94. The highest BCUT2D eigenvalue weighted by molar-refractivity contribution is 7.99. The second kappa shape index (κ2) is 9.67. The van der Waals surface area contributed by atoms with Gasteiger partial charge in [0, 0.05) is 0 Å². The van der Waals surface area contributed by atoms with Crippen LogP contribution in [0.3, 0.4) is 0 Å². The number of unbranched alkanes of at least 4 members (excludes halogenated alkanes) is 3. The lowest BCUT2D eigenvalue weighted by molar-refractivity contribution is 0.198. The normalized spacial score (nSPS) is 11.9. The molecule has 2 N–H and O–H groups in total. The van der Waals surface area contributed by atoms with Crippen LogP contribution in [-0.4, -0.2) is 27.9 Å². The minimum atomic E-state index is -4.25. The minimum Gasteiger partial charge on any atom is -0.303 e. The molecule has 0 heterocycles. The van der Waals surface area contributed by atoms with E-state index in [0.717, 1.165) is 11.5 Å². The molecule has 0 fully saturated rings. The predicted molar refractivity (Wildman–Crippen MR) is 64.1 cm³/mol. The molecule has 0 spiro atoms. The first-order valence-corrected chi connectivity index (χ1v) is 8.02. The van der Waals surface area contributed by atoms with E-state index >= 15 is 0 Å². The van der Waals surface area contributed by atoms with Crippen LogP contribution in [0.5, 0.6) is 0 Å². The van der Waals surface area contributed by atoms with Gasteiger partial charge in [0.25, 0.3) is 0 Å². The monoisotopic (exact) mass is 256 g/mol. The highest BCUT2D eigenvalue weighted by Gasteiger charge is 2.12. The molecule has 92 valence electrons. The van der Waals surface area contributed by atoms with Crippen LogP contribution in [0.2, 0.25) is 0 Å². The third-order valence-corrected chi connectivity index (χ3v) is 3.51. The van der Waals surface area contributed by atoms with E-state index in [4.69, 9.17) is 9.79 Å². The Morgan fingerprint density at radius 3 is 2.40 bits per heavy atom. The molecule has 15 heavy (non-hydrogen) atoms. The average molecular weight is 256 g/mol. The summed E-state index contributed by atoms with van der Waals surface area (Å²) in [6, 6.07) is 0. The molecule has 0 rings (SSSR count). The van der Waals surface area contributed by atoms with Crippen molar-refractivity contribution in [3.63, 3.8) is 0 Å².